The van der Waals surface area contributed by atoms with Crippen molar-refractivity contribution in [1.29, 1.82) is 0 Å². The average Bonchev–Trinajstić information content (AvgIpc) is 2.65. The summed E-state index contributed by atoms with van der Waals surface area (Å²) in [7, 11) is 0. The molecule has 0 radical (unpaired) electrons. The van der Waals surface area contributed by atoms with E-state index >= 15 is 0 Å². The number of hydrogen-bond acceptors (Lipinski definition) is 3. The van der Waals surface area contributed by atoms with Gasteiger partial charge in [-0.2, -0.15) is 0 Å². The van der Waals surface area contributed by atoms with Crippen LogP contribution in [0.5, 0.6) is 0 Å². The number of carbonyl (C=O) groups is 1. The van der Waals surface area contributed by atoms with Gasteiger partial charge in [0.05, 0.1) is 5.75 Å². The highest BCUT2D eigenvalue weighted by Crippen LogP contribution is 2.25. The lowest BCUT2D eigenvalue weighted by molar-refractivity contribution is -0.128. The van der Waals surface area contributed by atoms with Crippen molar-refractivity contribution < 1.29 is 4.79 Å². The molecule has 1 aliphatic heterocycles. The van der Waals surface area contributed by atoms with E-state index in [9.17, 15) is 4.79 Å². The summed E-state index contributed by atoms with van der Waals surface area (Å²) in [6.45, 7) is 7.45. The average molecular weight is 389 g/mol. The van der Waals surface area contributed by atoms with Gasteiger partial charge in [-0.15, -0.1) is 11.8 Å². The largest absolute Gasteiger partial charge is 0.368 e. The fourth-order valence-electron chi connectivity index (χ4n) is 3.15. The number of carbonyl (C=O) groups excluding carboxylic acids is 1. The summed E-state index contributed by atoms with van der Waals surface area (Å²) in [5.74, 6) is 1.67. The number of benzene rings is 2. The van der Waals surface area contributed by atoms with Gasteiger partial charge in [0, 0.05) is 42.6 Å². The Morgan fingerprint density at radius 2 is 1.73 bits per heavy atom. The highest BCUT2D eigenvalue weighted by Gasteiger charge is 2.22. The molecule has 1 fully saturated rings. The van der Waals surface area contributed by atoms with Crippen LogP contribution < -0.4 is 4.90 Å². The molecule has 0 unspecified atom stereocenters. The summed E-state index contributed by atoms with van der Waals surface area (Å²) < 4.78 is 0. The van der Waals surface area contributed by atoms with Crippen LogP contribution in [0, 0.1) is 13.8 Å². The maximum atomic E-state index is 12.5. The fraction of sp³-hybridized carbons (Fsp3) is 0.381. The van der Waals surface area contributed by atoms with Crippen molar-refractivity contribution >= 4 is 35.0 Å². The molecular formula is C21H25ClN2OS. The third-order valence-corrected chi connectivity index (χ3v) is 5.98. The Labute approximate surface area is 165 Å². The van der Waals surface area contributed by atoms with E-state index in [2.05, 4.69) is 49.1 Å². The molecule has 0 saturated carbocycles. The van der Waals surface area contributed by atoms with Crippen LogP contribution in [0.25, 0.3) is 0 Å². The quantitative estimate of drug-likeness (QED) is 0.751. The molecule has 0 bridgehead atoms. The van der Waals surface area contributed by atoms with Crippen LogP contribution in [0.3, 0.4) is 0 Å². The number of anilines is 1. The second-order valence-corrected chi connectivity index (χ2v) is 8.20. The molecule has 0 atom stereocenters. The highest BCUT2D eigenvalue weighted by molar-refractivity contribution is 7.99. The van der Waals surface area contributed by atoms with E-state index in [-0.39, 0.29) is 5.91 Å². The first-order chi connectivity index (χ1) is 12.5. The van der Waals surface area contributed by atoms with E-state index in [4.69, 9.17) is 11.6 Å². The fourth-order valence-corrected chi connectivity index (χ4v) is 4.21. The van der Waals surface area contributed by atoms with E-state index < -0.39 is 0 Å². The topological polar surface area (TPSA) is 23.6 Å². The lowest BCUT2D eigenvalue weighted by atomic mass is 10.1. The first kappa shape index (κ1) is 19.1. The smallest absolute Gasteiger partial charge is 0.232 e. The number of thioether (sulfide) groups is 1. The van der Waals surface area contributed by atoms with E-state index in [0.717, 1.165) is 37.0 Å². The summed E-state index contributed by atoms with van der Waals surface area (Å²) in [5.41, 5.74) is 4.94. The number of aryl methyl sites for hydroxylation is 2. The van der Waals surface area contributed by atoms with E-state index in [0.29, 0.717) is 5.75 Å². The van der Waals surface area contributed by atoms with Gasteiger partial charge in [-0.1, -0.05) is 47.5 Å². The summed E-state index contributed by atoms with van der Waals surface area (Å²) in [4.78, 5) is 16.8. The highest BCUT2D eigenvalue weighted by atomic mass is 35.5. The standard InChI is InChI=1S/C21H25ClN2OS/c1-16-3-6-18(7-4-16)14-26-15-21(25)24-11-9-23(10-12-24)20-13-19(22)8-5-17(20)2/h3-8,13H,9-12,14-15H2,1-2H3. The molecule has 5 heteroatoms. The van der Waals surface area contributed by atoms with Crippen LogP contribution in [0.1, 0.15) is 16.7 Å². The number of hydrogen-bond donors (Lipinski definition) is 0. The normalized spacial score (nSPS) is 14.6. The molecule has 138 valence electrons. The first-order valence-electron chi connectivity index (χ1n) is 8.95. The van der Waals surface area contributed by atoms with Crippen molar-refractivity contribution in [3.63, 3.8) is 0 Å². The Hall–Kier alpha value is -1.65. The second-order valence-electron chi connectivity index (χ2n) is 6.78. The van der Waals surface area contributed by atoms with Crippen LogP contribution in [-0.4, -0.2) is 42.7 Å². The molecule has 3 rings (SSSR count). The summed E-state index contributed by atoms with van der Waals surface area (Å²) in [6.07, 6.45) is 0. The lowest BCUT2D eigenvalue weighted by Gasteiger charge is -2.37. The molecule has 0 aliphatic carbocycles. The van der Waals surface area contributed by atoms with Crippen molar-refractivity contribution in [2.45, 2.75) is 19.6 Å². The predicted octanol–water partition coefficient (Wildman–Crippen LogP) is 4.54. The molecule has 0 spiro atoms. The van der Waals surface area contributed by atoms with Gasteiger partial charge in [-0.25, -0.2) is 0 Å². The maximum absolute atomic E-state index is 12.5. The molecule has 0 N–H and O–H groups in total. The maximum Gasteiger partial charge on any atom is 0.232 e. The minimum absolute atomic E-state index is 0.240. The van der Waals surface area contributed by atoms with Crippen LogP contribution in [0.2, 0.25) is 5.02 Å². The molecule has 1 aliphatic rings. The van der Waals surface area contributed by atoms with Gasteiger partial charge >= 0.3 is 0 Å². The monoisotopic (exact) mass is 388 g/mol. The third-order valence-electron chi connectivity index (χ3n) is 4.76. The molecule has 1 heterocycles. The zero-order valence-electron chi connectivity index (χ0n) is 15.4. The molecule has 26 heavy (non-hydrogen) atoms. The molecule has 2 aromatic carbocycles. The molecular weight excluding hydrogens is 364 g/mol. The number of rotatable bonds is 5. The van der Waals surface area contributed by atoms with Crippen LogP contribution in [0.4, 0.5) is 5.69 Å². The molecule has 0 aromatic heterocycles. The van der Waals surface area contributed by atoms with Gasteiger partial charge < -0.3 is 9.80 Å². The number of halogens is 1. The van der Waals surface area contributed by atoms with Crippen molar-refractivity contribution in [2.75, 3.05) is 36.8 Å². The van der Waals surface area contributed by atoms with Gasteiger partial charge in [-0.05, 0) is 37.1 Å². The minimum Gasteiger partial charge on any atom is -0.368 e. The number of amides is 1. The summed E-state index contributed by atoms with van der Waals surface area (Å²) >= 11 is 7.83. The SMILES string of the molecule is Cc1ccc(CSCC(=O)N2CCN(c3cc(Cl)ccc3C)CC2)cc1. The van der Waals surface area contributed by atoms with Crippen molar-refractivity contribution in [2.24, 2.45) is 0 Å². The Balaban J connectivity index is 1.46. The molecule has 2 aromatic rings. The Bertz CT molecular complexity index is 755. The van der Waals surface area contributed by atoms with Crippen molar-refractivity contribution in [1.82, 2.24) is 4.90 Å². The van der Waals surface area contributed by atoms with Gasteiger partial charge in [0.15, 0.2) is 0 Å². The Kier molecular flexibility index (Phi) is 6.49. The molecule has 3 nitrogen and oxygen atoms in total. The van der Waals surface area contributed by atoms with Crippen LogP contribution in [-0.2, 0) is 10.5 Å². The molecule has 1 saturated heterocycles. The van der Waals surface area contributed by atoms with Crippen molar-refractivity contribution in [3.05, 3.63) is 64.2 Å². The van der Waals surface area contributed by atoms with Gasteiger partial charge in [-0.3, -0.25) is 4.79 Å². The minimum atomic E-state index is 0.240. The van der Waals surface area contributed by atoms with Crippen LogP contribution in [0.15, 0.2) is 42.5 Å². The second kappa shape index (κ2) is 8.83. The summed E-state index contributed by atoms with van der Waals surface area (Å²) in [5, 5.41) is 0.761. The van der Waals surface area contributed by atoms with E-state index in [1.165, 1.54) is 22.4 Å². The van der Waals surface area contributed by atoms with Crippen LogP contribution >= 0.6 is 23.4 Å². The molecule has 1 amide bonds. The predicted molar refractivity (Wildman–Crippen MR) is 112 cm³/mol. The Morgan fingerprint density at radius 1 is 1.04 bits per heavy atom. The first-order valence-corrected chi connectivity index (χ1v) is 10.5. The summed E-state index contributed by atoms with van der Waals surface area (Å²) in [6, 6.07) is 14.5. The zero-order chi connectivity index (χ0) is 18.5. The van der Waals surface area contributed by atoms with E-state index in [1.807, 2.05) is 17.0 Å². The van der Waals surface area contributed by atoms with Gasteiger partial charge in [0.25, 0.3) is 0 Å². The number of nitrogens with zero attached hydrogens (tertiary/aromatic N) is 2. The lowest BCUT2D eigenvalue weighted by Crippen LogP contribution is -2.49. The van der Waals surface area contributed by atoms with Crippen molar-refractivity contribution in [3.8, 4) is 0 Å². The van der Waals surface area contributed by atoms with Gasteiger partial charge in [0.1, 0.15) is 0 Å². The Morgan fingerprint density at radius 3 is 2.42 bits per heavy atom. The van der Waals surface area contributed by atoms with E-state index in [1.54, 1.807) is 11.8 Å². The van der Waals surface area contributed by atoms with Gasteiger partial charge in [0.2, 0.25) is 5.91 Å². The zero-order valence-corrected chi connectivity index (χ0v) is 16.9. The number of piperazine rings is 1. The third kappa shape index (κ3) is 4.95.